The first-order valence-electron chi connectivity index (χ1n) is 13.3. The molecule has 1 aromatic heterocycles. The lowest BCUT2D eigenvalue weighted by molar-refractivity contribution is -0.157. The predicted octanol–water partition coefficient (Wildman–Crippen LogP) is 2.56. The van der Waals surface area contributed by atoms with Crippen LogP contribution in [0.1, 0.15) is 33.9 Å². The molecule has 0 aliphatic carbocycles. The highest BCUT2D eigenvalue weighted by Gasteiger charge is 2.60. The van der Waals surface area contributed by atoms with E-state index in [0.29, 0.717) is 6.61 Å². The van der Waals surface area contributed by atoms with E-state index in [4.69, 9.17) is 24.4 Å². The third-order valence-electron chi connectivity index (χ3n) is 7.53. The molecule has 2 N–H and O–H groups in total. The van der Waals surface area contributed by atoms with E-state index in [1.54, 1.807) is 0 Å². The Hall–Kier alpha value is -3.57. The van der Waals surface area contributed by atoms with Crippen LogP contribution < -0.4 is 21.8 Å². The molecule has 0 amide bonds. The van der Waals surface area contributed by atoms with Crippen LogP contribution in [-0.4, -0.2) is 54.9 Å². The molecule has 3 heterocycles. The molecule has 5 rings (SSSR count). The number of carbonyl (C=O) groups is 1. The van der Waals surface area contributed by atoms with Crippen molar-refractivity contribution in [2.24, 2.45) is 0 Å². The van der Waals surface area contributed by atoms with Crippen molar-refractivity contribution in [3.05, 3.63) is 95.6 Å². The second-order valence-electron chi connectivity index (χ2n) is 11.2. The van der Waals surface area contributed by atoms with Crippen molar-refractivity contribution in [3.8, 4) is 0 Å². The highest BCUT2D eigenvalue weighted by atomic mass is 28.4. The SMILES string of the molecule is CC(=O)O[C@H]1[C@H](n2ccc(N)nc2=O)O[C@@]2(CO[Si](c3ccccc3)(c3ccccc3)C(C)(C)C)C=CCO[C@@H]12. The molecule has 0 saturated carbocycles. The molecule has 9 nitrogen and oxygen atoms in total. The first-order valence-corrected chi connectivity index (χ1v) is 15.2. The Morgan fingerprint density at radius 2 is 1.73 bits per heavy atom. The van der Waals surface area contributed by atoms with Gasteiger partial charge in [0.2, 0.25) is 0 Å². The summed E-state index contributed by atoms with van der Waals surface area (Å²) in [6, 6.07) is 22.1. The number of hydrogen-bond acceptors (Lipinski definition) is 8. The number of aromatic nitrogens is 2. The maximum absolute atomic E-state index is 12.9. The number of fused-ring (bicyclic) bond motifs is 1. The summed E-state index contributed by atoms with van der Waals surface area (Å²) < 4.78 is 27.1. The van der Waals surface area contributed by atoms with Crippen molar-refractivity contribution in [3.63, 3.8) is 0 Å². The molecule has 210 valence electrons. The van der Waals surface area contributed by atoms with E-state index >= 15 is 0 Å². The lowest BCUT2D eigenvalue weighted by atomic mass is 9.93. The zero-order valence-corrected chi connectivity index (χ0v) is 24.2. The summed E-state index contributed by atoms with van der Waals surface area (Å²) in [4.78, 5) is 28.9. The lowest BCUT2D eigenvalue weighted by Gasteiger charge is -2.45. The summed E-state index contributed by atoms with van der Waals surface area (Å²) in [6.45, 7) is 8.31. The average molecular weight is 562 g/mol. The molecule has 4 atom stereocenters. The van der Waals surface area contributed by atoms with E-state index in [0.717, 1.165) is 10.4 Å². The van der Waals surface area contributed by atoms with Crippen LogP contribution in [0.5, 0.6) is 0 Å². The summed E-state index contributed by atoms with van der Waals surface area (Å²) >= 11 is 0. The average Bonchev–Trinajstić information content (AvgIpc) is 3.23. The van der Waals surface area contributed by atoms with Crippen molar-refractivity contribution in [2.45, 2.75) is 56.8 Å². The Kier molecular flexibility index (Phi) is 7.53. The molecule has 0 radical (unpaired) electrons. The van der Waals surface area contributed by atoms with Gasteiger partial charge in [-0.15, -0.1) is 0 Å². The van der Waals surface area contributed by atoms with Crippen LogP contribution in [0.15, 0.2) is 89.9 Å². The number of carbonyl (C=O) groups excluding carboxylic acids is 1. The Morgan fingerprint density at radius 1 is 1.10 bits per heavy atom. The van der Waals surface area contributed by atoms with Crippen molar-refractivity contribution < 1.29 is 23.4 Å². The number of anilines is 1. The van der Waals surface area contributed by atoms with Gasteiger partial charge in [-0.1, -0.05) is 87.5 Å². The van der Waals surface area contributed by atoms with Gasteiger partial charge >= 0.3 is 11.7 Å². The van der Waals surface area contributed by atoms with Gasteiger partial charge in [0.1, 0.15) is 17.5 Å². The zero-order chi connectivity index (χ0) is 28.5. The van der Waals surface area contributed by atoms with Gasteiger partial charge in [-0.05, 0) is 27.6 Å². The number of rotatable bonds is 7. The Bertz CT molecular complexity index is 1400. The van der Waals surface area contributed by atoms with E-state index in [-0.39, 0.29) is 17.5 Å². The first-order chi connectivity index (χ1) is 19.1. The number of benzene rings is 2. The maximum atomic E-state index is 12.9. The van der Waals surface area contributed by atoms with Gasteiger partial charge in [0.15, 0.2) is 12.3 Å². The van der Waals surface area contributed by atoms with Crippen LogP contribution in [0.4, 0.5) is 5.82 Å². The predicted molar refractivity (Wildman–Crippen MR) is 154 cm³/mol. The van der Waals surface area contributed by atoms with E-state index < -0.39 is 44.0 Å². The third-order valence-corrected chi connectivity index (χ3v) is 12.5. The fourth-order valence-electron chi connectivity index (χ4n) is 5.86. The molecule has 0 spiro atoms. The Labute approximate surface area is 234 Å². The molecule has 40 heavy (non-hydrogen) atoms. The van der Waals surface area contributed by atoms with Gasteiger partial charge in [-0.2, -0.15) is 4.98 Å². The molecule has 2 aromatic carbocycles. The minimum Gasteiger partial charge on any atom is -0.455 e. The molecule has 1 saturated heterocycles. The quantitative estimate of drug-likeness (QED) is 0.266. The second-order valence-corrected chi connectivity index (χ2v) is 15.5. The van der Waals surface area contributed by atoms with Gasteiger partial charge in [0, 0.05) is 13.1 Å². The molecular formula is C30H35N3O6Si. The minimum absolute atomic E-state index is 0.0848. The Morgan fingerprint density at radius 3 is 2.27 bits per heavy atom. The van der Waals surface area contributed by atoms with Crippen LogP contribution >= 0.6 is 0 Å². The van der Waals surface area contributed by atoms with Gasteiger partial charge in [0.25, 0.3) is 8.32 Å². The highest BCUT2D eigenvalue weighted by Crippen LogP contribution is 2.45. The second kappa shape index (κ2) is 10.8. The molecule has 2 aliphatic rings. The van der Waals surface area contributed by atoms with Gasteiger partial charge in [0.05, 0.1) is 13.2 Å². The molecule has 2 aliphatic heterocycles. The minimum atomic E-state index is -2.95. The van der Waals surface area contributed by atoms with Crippen molar-refractivity contribution in [2.75, 3.05) is 18.9 Å². The van der Waals surface area contributed by atoms with Crippen LogP contribution in [0.25, 0.3) is 0 Å². The molecule has 1 fully saturated rings. The standard InChI is InChI=1S/C30H35N3O6Si/c1-21(34)38-25-26-30(17-11-19-36-26,39-27(25)33-18-16-24(31)32-28(33)35)20-37-40(29(2,3)4,22-12-7-5-8-13-22)23-14-9-6-10-15-23/h5-18,25-27H,19-20H2,1-4H3,(H2,31,32,35)/t25-,26+,27-,30-/m1/s1. The number of nitrogen functional groups attached to an aromatic ring is 1. The lowest BCUT2D eigenvalue weighted by Crippen LogP contribution is -2.68. The van der Waals surface area contributed by atoms with Gasteiger partial charge < -0.3 is 24.4 Å². The Balaban J connectivity index is 1.61. The van der Waals surface area contributed by atoms with E-state index in [1.165, 1.54) is 23.8 Å². The maximum Gasteiger partial charge on any atom is 0.351 e. The van der Waals surface area contributed by atoms with Crippen molar-refractivity contribution in [1.29, 1.82) is 0 Å². The van der Waals surface area contributed by atoms with E-state index in [9.17, 15) is 9.59 Å². The summed E-state index contributed by atoms with van der Waals surface area (Å²) in [7, 11) is -2.95. The first kappa shape index (κ1) is 28.0. The topological polar surface area (TPSA) is 115 Å². The monoisotopic (exact) mass is 561 g/mol. The molecule has 0 unspecified atom stereocenters. The molecular weight excluding hydrogens is 526 g/mol. The summed E-state index contributed by atoms with van der Waals surface area (Å²) in [5.41, 5.74) is 3.97. The van der Waals surface area contributed by atoms with Gasteiger partial charge in [-0.3, -0.25) is 9.36 Å². The van der Waals surface area contributed by atoms with Crippen LogP contribution in [-0.2, 0) is 23.4 Å². The fourth-order valence-corrected chi connectivity index (χ4v) is 10.5. The summed E-state index contributed by atoms with van der Waals surface area (Å²) in [5.74, 6) is -0.432. The van der Waals surface area contributed by atoms with Gasteiger partial charge in [-0.25, -0.2) is 4.79 Å². The van der Waals surface area contributed by atoms with Crippen molar-refractivity contribution in [1.82, 2.24) is 9.55 Å². The van der Waals surface area contributed by atoms with Crippen LogP contribution in [0.2, 0.25) is 5.04 Å². The number of hydrogen-bond donors (Lipinski definition) is 1. The number of nitrogens with zero attached hydrogens (tertiary/aromatic N) is 2. The third kappa shape index (κ3) is 4.92. The van der Waals surface area contributed by atoms with Crippen LogP contribution in [0.3, 0.4) is 0 Å². The molecule has 3 aromatic rings. The van der Waals surface area contributed by atoms with Crippen LogP contribution in [0, 0.1) is 0 Å². The zero-order valence-electron chi connectivity index (χ0n) is 23.2. The van der Waals surface area contributed by atoms with E-state index in [1.807, 2.05) is 48.6 Å². The highest BCUT2D eigenvalue weighted by molar-refractivity contribution is 6.99. The van der Waals surface area contributed by atoms with Crippen molar-refractivity contribution >= 4 is 30.5 Å². The smallest absolute Gasteiger partial charge is 0.351 e. The molecule has 10 heteroatoms. The summed E-state index contributed by atoms with van der Waals surface area (Å²) in [6.07, 6.45) is 2.61. The number of ether oxygens (including phenoxy) is 3. The summed E-state index contributed by atoms with van der Waals surface area (Å²) in [5, 5.41) is 1.96. The molecule has 0 bridgehead atoms. The normalized spacial score (nSPS) is 24.4. The largest absolute Gasteiger partial charge is 0.455 e. The number of nitrogens with two attached hydrogens (primary N) is 1. The van der Waals surface area contributed by atoms with E-state index in [2.05, 4.69) is 50.0 Å². The number of esters is 1. The fraction of sp³-hybridized carbons (Fsp3) is 0.367.